The molecule has 13 nitrogen and oxygen atoms in total. The molecule has 4 N–H and O–H groups in total. The fourth-order valence-corrected chi connectivity index (χ4v) is 7.29. The Labute approximate surface area is 317 Å². The number of nitrogens with zero attached hydrogens (tertiary/aromatic N) is 4. The summed E-state index contributed by atoms with van der Waals surface area (Å²) in [5.74, 6) is -0.320. The van der Waals surface area contributed by atoms with Crippen molar-refractivity contribution >= 4 is 58.2 Å². The van der Waals surface area contributed by atoms with Gasteiger partial charge in [-0.1, -0.05) is 23.7 Å². The third kappa shape index (κ3) is 9.87. The van der Waals surface area contributed by atoms with Crippen molar-refractivity contribution in [3.05, 3.63) is 91.8 Å². The van der Waals surface area contributed by atoms with E-state index in [0.29, 0.717) is 53.7 Å². The second-order valence-corrected chi connectivity index (χ2v) is 15.5. The van der Waals surface area contributed by atoms with Gasteiger partial charge in [-0.15, -0.1) is 21.5 Å². The van der Waals surface area contributed by atoms with Crippen molar-refractivity contribution in [3.63, 3.8) is 0 Å². The zero-order valence-electron chi connectivity index (χ0n) is 30.6. The molecule has 3 heterocycles. The van der Waals surface area contributed by atoms with Gasteiger partial charge in [0, 0.05) is 46.2 Å². The van der Waals surface area contributed by atoms with Crippen molar-refractivity contribution in [2.75, 3.05) is 18.4 Å². The van der Waals surface area contributed by atoms with E-state index in [0.717, 1.165) is 32.3 Å². The van der Waals surface area contributed by atoms with Crippen LogP contribution in [-0.2, 0) is 20.7 Å². The van der Waals surface area contributed by atoms with Gasteiger partial charge in [0.05, 0.1) is 17.7 Å². The first kappa shape index (κ1) is 39.1. The van der Waals surface area contributed by atoms with Gasteiger partial charge in [0.1, 0.15) is 22.5 Å². The molecule has 5 rings (SSSR count). The number of ether oxygens (including phenoxy) is 1. The lowest BCUT2D eigenvalue weighted by Gasteiger charge is -2.19. The molecule has 2 aromatic heterocycles. The number of aromatic carboxylic acids is 1. The molecular weight excluding hydrogens is 718 g/mol. The molecule has 0 fully saturated rings. The highest BCUT2D eigenvalue weighted by Crippen LogP contribution is 2.39. The first-order chi connectivity index (χ1) is 25.1. The smallest absolute Gasteiger partial charge is 0.407 e. The van der Waals surface area contributed by atoms with Crippen molar-refractivity contribution in [1.29, 1.82) is 0 Å². The molecule has 53 heavy (non-hydrogen) atoms. The maximum atomic E-state index is 13.3. The summed E-state index contributed by atoms with van der Waals surface area (Å²) < 4.78 is 7.22. The molecular formula is C38H44ClN7O6S. The Morgan fingerprint density at radius 2 is 1.68 bits per heavy atom. The zero-order chi connectivity index (χ0) is 38.4. The second-order valence-electron chi connectivity index (χ2n) is 13.8. The molecule has 4 aromatic rings. The molecule has 1 aliphatic heterocycles. The topological polar surface area (TPSA) is 177 Å². The summed E-state index contributed by atoms with van der Waals surface area (Å²) in [6, 6.07) is 11.5. The van der Waals surface area contributed by atoms with Crippen LogP contribution in [0.2, 0.25) is 5.02 Å². The van der Waals surface area contributed by atoms with Crippen molar-refractivity contribution in [1.82, 2.24) is 25.4 Å². The number of nitrogens with one attached hydrogen (secondary N) is 3. The number of aliphatic imine (C=N–C) groups is 1. The van der Waals surface area contributed by atoms with Gasteiger partial charge in [-0.2, -0.15) is 0 Å². The minimum absolute atomic E-state index is 0.0282. The molecule has 3 amide bonds. The first-order valence-corrected chi connectivity index (χ1v) is 18.6. The van der Waals surface area contributed by atoms with Crippen LogP contribution in [0.25, 0.3) is 5.00 Å². The van der Waals surface area contributed by atoms with E-state index in [1.54, 1.807) is 44.2 Å². The molecule has 0 radical (unpaired) electrons. The number of thiophene rings is 1. The molecule has 280 valence electrons. The van der Waals surface area contributed by atoms with Gasteiger partial charge in [0.15, 0.2) is 5.82 Å². The number of halogens is 1. The summed E-state index contributed by atoms with van der Waals surface area (Å²) in [5.41, 5.74) is 4.20. The summed E-state index contributed by atoms with van der Waals surface area (Å²) in [6.07, 6.45) is 0.824. The molecule has 1 atom stereocenters. The van der Waals surface area contributed by atoms with E-state index >= 15 is 0 Å². The van der Waals surface area contributed by atoms with Crippen LogP contribution in [0.15, 0.2) is 47.5 Å². The molecule has 2 aromatic carbocycles. The average Bonchev–Trinajstić information content (AvgIpc) is 3.56. The van der Waals surface area contributed by atoms with Crippen LogP contribution in [0.4, 0.5) is 10.5 Å². The Hall–Kier alpha value is -5.08. The highest BCUT2D eigenvalue weighted by molar-refractivity contribution is 7.15. The lowest BCUT2D eigenvalue weighted by Crippen LogP contribution is -2.33. The number of hydrogen-bond acceptors (Lipinski definition) is 9. The SMILES string of the molecule is Cc1sc2c(c1C)C(c1ccc(Cl)cc1)=N[C@@H](CC(=O)NCCCC(=O)Nc1ccc(C(=O)O)c(CCCNC(=O)OC(C)(C)C)c1)c1nnc(C)n1-2. The number of alkyl carbamates (subject to hydrolysis) is 1. The van der Waals surface area contributed by atoms with Gasteiger partial charge in [0.25, 0.3) is 0 Å². The van der Waals surface area contributed by atoms with Crippen LogP contribution in [0, 0.1) is 20.8 Å². The average molecular weight is 762 g/mol. The third-order valence-corrected chi connectivity index (χ3v) is 9.99. The number of fused-ring (bicyclic) bond motifs is 3. The number of carbonyl (C=O) groups excluding carboxylic acids is 3. The van der Waals surface area contributed by atoms with Gasteiger partial charge in [-0.3, -0.25) is 19.1 Å². The lowest BCUT2D eigenvalue weighted by molar-refractivity contribution is -0.122. The number of benzene rings is 2. The van der Waals surface area contributed by atoms with Crippen LogP contribution in [0.3, 0.4) is 0 Å². The number of hydrogen-bond donors (Lipinski definition) is 4. The Balaban J connectivity index is 1.18. The number of carboxylic acids is 1. The van der Waals surface area contributed by atoms with Crippen molar-refractivity contribution in [3.8, 4) is 5.00 Å². The highest BCUT2D eigenvalue weighted by atomic mass is 35.5. The Morgan fingerprint density at radius 3 is 2.38 bits per heavy atom. The number of amides is 3. The van der Waals surface area contributed by atoms with Crippen LogP contribution < -0.4 is 16.0 Å². The number of rotatable bonds is 13. The largest absolute Gasteiger partial charge is 0.478 e. The minimum Gasteiger partial charge on any atom is -0.478 e. The fraction of sp³-hybridized carbons (Fsp3) is 0.395. The number of carbonyl (C=O) groups is 4. The summed E-state index contributed by atoms with van der Waals surface area (Å²) >= 11 is 7.84. The van der Waals surface area contributed by atoms with Gasteiger partial charge in [0.2, 0.25) is 11.8 Å². The molecule has 0 unspecified atom stereocenters. The van der Waals surface area contributed by atoms with E-state index in [1.165, 1.54) is 6.07 Å². The van der Waals surface area contributed by atoms with Gasteiger partial charge < -0.3 is 25.8 Å². The van der Waals surface area contributed by atoms with Crippen molar-refractivity contribution in [2.45, 2.75) is 85.3 Å². The monoisotopic (exact) mass is 761 g/mol. The number of anilines is 1. The van der Waals surface area contributed by atoms with Crippen LogP contribution >= 0.6 is 22.9 Å². The predicted octanol–water partition coefficient (Wildman–Crippen LogP) is 6.88. The van der Waals surface area contributed by atoms with E-state index in [1.807, 2.05) is 35.8 Å². The molecule has 1 aliphatic rings. The van der Waals surface area contributed by atoms with Crippen LogP contribution in [0.1, 0.15) is 102 Å². The Morgan fingerprint density at radius 1 is 0.962 bits per heavy atom. The quantitative estimate of drug-likeness (QED) is 0.107. The normalized spacial score (nSPS) is 13.6. The van der Waals surface area contributed by atoms with Gasteiger partial charge in [-0.25, -0.2) is 9.59 Å². The van der Waals surface area contributed by atoms with E-state index in [-0.39, 0.29) is 36.8 Å². The lowest BCUT2D eigenvalue weighted by atomic mass is 9.99. The molecule has 0 spiro atoms. The van der Waals surface area contributed by atoms with Gasteiger partial charge in [-0.05, 0) is 102 Å². The molecule has 0 bridgehead atoms. The van der Waals surface area contributed by atoms with Crippen LogP contribution in [0.5, 0.6) is 0 Å². The maximum absolute atomic E-state index is 13.3. The summed E-state index contributed by atoms with van der Waals surface area (Å²) in [5, 5.41) is 28.4. The van der Waals surface area contributed by atoms with Crippen molar-refractivity contribution in [2.24, 2.45) is 4.99 Å². The third-order valence-electron chi connectivity index (χ3n) is 8.55. The van der Waals surface area contributed by atoms with Crippen molar-refractivity contribution < 1.29 is 29.0 Å². The van der Waals surface area contributed by atoms with E-state index in [9.17, 15) is 24.3 Å². The molecule has 0 saturated carbocycles. The summed E-state index contributed by atoms with van der Waals surface area (Å²) in [4.78, 5) is 56.1. The number of aromatic nitrogens is 3. The Bertz CT molecular complexity index is 2050. The van der Waals surface area contributed by atoms with E-state index in [2.05, 4.69) is 40.0 Å². The maximum Gasteiger partial charge on any atom is 0.407 e. The fourth-order valence-electron chi connectivity index (χ4n) is 5.95. The molecule has 0 saturated heterocycles. The highest BCUT2D eigenvalue weighted by Gasteiger charge is 2.32. The summed E-state index contributed by atoms with van der Waals surface area (Å²) in [7, 11) is 0. The zero-order valence-corrected chi connectivity index (χ0v) is 32.2. The Kier molecular flexibility index (Phi) is 12.3. The molecule has 0 aliphatic carbocycles. The first-order valence-electron chi connectivity index (χ1n) is 17.4. The number of carboxylic acid groups (broad SMARTS) is 1. The summed E-state index contributed by atoms with van der Waals surface area (Å²) in [6.45, 7) is 11.9. The minimum atomic E-state index is -1.08. The predicted molar refractivity (Wildman–Crippen MR) is 205 cm³/mol. The second kappa shape index (κ2) is 16.7. The van der Waals surface area contributed by atoms with Crippen LogP contribution in [-0.4, -0.2) is 68.2 Å². The number of aryl methyl sites for hydroxylation is 3. The van der Waals surface area contributed by atoms with Gasteiger partial charge >= 0.3 is 12.1 Å². The van der Waals surface area contributed by atoms with E-state index < -0.39 is 23.7 Å². The van der Waals surface area contributed by atoms with E-state index in [4.69, 9.17) is 21.3 Å². The molecule has 15 heteroatoms. The standard InChI is InChI=1S/C38H44ClN7O6S/c1-21-22(2)53-35-32(21)33(24-11-13-26(39)14-12-24)43-29(34-45-44-23(3)46(34)35)20-31(48)40-17-8-10-30(47)42-27-15-16-28(36(49)50)25(19-27)9-7-18-41-37(51)52-38(4,5)6/h11-16,19,29H,7-10,17-18,20H2,1-6H3,(H,40,48)(H,41,51)(H,42,47)(H,49,50)/t29-/m0/s1.